The summed E-state index contributed by atoms with van der Waals surface area (Å²) in [6.45, 7) is 11.8. The molecule has 2 aromatic heterocycles. The summed E-state index contributed by atoms with van der Waals surface area (Å²) in [5.41, 5.74) is 19.6. The van der Waals surface area contributed by atoms with Crippen LogP contribution in [0.15, 0.2) is 29.1 Å². The van der Waals surface area contributed by atoms with Crippen LogP contribution in [-0.4, -0.2) is 150 Å². The minimum Gasteiger partial charge on any atom is -0.462 e. The average molecular weight is 1380 g/mol. The van der Waals surface area contributed by atoms with E-state index in [-0.39, 0.29) is 74.3 Å². The second-order valence-corrected chi connectivity index (χ2v) is 27.2. The highest BCUT2D eigenvalue weighted by Gasteiger charge is 2.25. The fourth-order valence-corrected chi connectivity index (χ4v) is 12.3. The van der Waals surface area contributed by atoms with E-state index >= 15 is 0 Å². The lowest BCUT2D eigenvalue weighted by Gasteiger charge is -2.22. The molecule has 24 heteroatoms. The van der Waals surface area contributed by atoms with Crippen molar-refractivity contribution in [1.29, 1.82) is 0 Å². The SMILES string of the molecule is CCCCCCCCCCCCCCCC(=O)OCC(CSC[C@H](N)C(=O)N[C@@H](CCCCNC(=O)CNC(=O)c1ccc(Cn2c(=O)[nH]c3c(N)nc(NCCCC)nc32)cc1)C(=O)NCCCNCCCCNCCCN)OC(=O)CCCCCCCCCCCCCCC. The van der Waals surface area contributed by atoms with E-state index in [1.54, 1.807) is 24.3 Å². The number of carbonyl (C=O) groups excluding carboxylic acids is 6. The number of esters is 2. The predicted octanol–water partition coefficient (Wildman–Crippen LogP) is 10.8. The van der Waals surface area contributed by atoms with Crippen LogP contribution in [0.25, 0.3) is 11.2 Å². The van der Waals surface area contributed by atoms with Gasteiger partial charge in [-0.25, -0.2) is 4.79 Å². The summed E-state index contributed by atoms with van der Waals surface area (Å²) < 4.78 is 13.1. The molecule has 14 N–H and O–H groups in total. The van der Waals surface area contributed by atoms with Crippen LogP contribution in [-0.2, 0) is 40.0 Å². The van der Waals surface area contributed by atoms with Gasteiger partial charge in [-0.15, -0.1) is 0 Å². The molecule has 0 fully saturated rings. The molecule has 0 aliphatic carbocycles. The van der Waals surface area contributed by atoms with Gasteiger partial charge in [-0.2, -0.15) is 21.7 Å². The molecule has 3 rings (SSSR count). The number of nitrogens with two attached hydrogens (primary N) is 3. The van der Waals surface area contributed by atoms with Gasteiger partial charge in [0.25, 0.3) is 5.91 Å². The first kappa shape index (κ1) is 85.4. The monoisotopic (exact) mass is 1380 g/mol. The van der Waals surface area contributed by atoms with Crippen molar-refractivity contribution in [1.82, 2.24) is 51.4 Å². The van der Waals surface area contributed by atoms with Crippen LogP contribution >= 0.6 is 11.8 Å². The molecule has 0 spiro atoms. The topological polar surface area (TPSA) is 347 Å². The van der Waals surface area contributed by atoms with E-state index in [4.69, 9.17) is 26.7 Å². The third-order valence-electron chi connectivity index (χ3n) is 17.3. The van der Waals surface area contributed by atoms with E-state index in [0.29, 0.717) is 74.5 Å². The Labute approximate surface area is 585 Å². The molecule has 97 heavy (non-hydrogen) atoms. The van der Waals surface area contributed by atoms with E-state index in [1.165, 1.54) is 138 Å². The van der Waals surface area contributed by atoms with Crippen LogP contribution < -0.4 is 60.1 Å². The molecule has 1 unspecified atom stereocenters. The van der Waals surface area contributed by atoms with E-state index in [0.717, 1.165) is 102 Å². The Bertz CT molecular complexity index is 2630. The molecule has 552 valence electrons. The molecule has 4 amide bonds. The van der Waals surface area contributed by atoms with Crippen molar-refractivity contribution in [2.45, 2.75) is 283 Å². The van der Waals surface area contributed by atoms with E-state index in [9.17, 15) is 33.6 Å². The Morgan fingerprint density at radius 3 is 1.67 bits per heavy atom. The smallest absolute Gasteiger partial charge is 0.328 e. The van der Waals surface area contributed by atoms with Gasteiger partial charge in [0.05, 0.1) is 19.1 Å². The van der Waals surface area contributed by atoms with Gasteiger partial charge in [0, 0.05) is 49.5 Å². The van der Waals surface area contributed by atoms with Crippen LogP contribution in [0.4, 0.5) is 11.8 Å². The van der Waals surface area contributed by atoms with E-state index in [1.807, 2.05) is 0 Å². The Morgan fingerprint density at radius 2 is 1.09 bits per heavy atom. The third kappa shape index (κ3) is 42.0. The van der Waals surface area contributed by atoms with E-state index < -0.39 is 41.6 Å². The zero-order chi connectivity index (χ0) is 70.2. The van der Waals surface area contributed by atoms with Crippen molar-refractivity contribution in [3.05, 3.63) is 45.9 Å². The normalized spacial score (nSPS) is 12.3. The number of hydrogen-bond acceptors (Lipinski definition) is 18. The number of ether oxygens (including phenoxy) is 2. The first-order chi connectivity index (χ1) is 47.3. The summed E-state index contributed by atoms with van der Waals surface area (Å²) in [6.07, 6.45) is 38.0. The van der Waals surface area contributed by atoms with Gasteiger partial charge in [0.1, 0.15) is 24.3 Å². The lowest BCUT2D eigenvalue weighted by Crippen LogP contribution is -2.52. The number of imidazole rings is 1. The van der Waals surface area contributed by atoms with Gasteiger partial charge in [-0.3, -0.25) is 33.3 Å². The molecule has 0 aliphatic heterocycles. The molecule has 0 radical (unpaired) electrons. The summed E-state index contributed by atoms with van der Waals surface area (Å²) in [5, 5.41) is 21.3. The first-order valence-electron chi connectivity index (χ1n) is 37.8. The molecule has 1 aromatic carbocycles. The van der Waals surface area contributed by atoms with E-state index in [2.05, 4.69) is 72.9 Å². The van der Waals surface area contributed by atoms with Gasteiger partial charge < -0.3 is 68.9 Å². The van der Waals surface area contributed by atoms with Gasteiger partial charge in [0.2, 0.25) is 23.7 Å². The number of fused-ring (bicyclic) bond motifs is 1. The van der Waals surface area contributed by atoms with Crippen molar-refractivity contribution in [3.63, 3.8) is 0 Å². The standard InChI is InChI=1S/C73H130N14O9S/c1-4-7-10-12-14-16-18-20-22-24-26-28-30-39-64(89)95-55-60(96-65(90)40-31-29-27-25-23-21-19-17-15-13-11-8-5-2)56-97-57-61(75)70(92)83-62(71(93)80-52-37-49-78-47-35-34-46-77-48-36-45-74)38-32-33-51-79-63(88)53-82-69(91)59-43-41-58(42-44-59)54-87-68-66(84-73(87)94)67(76)85-72(86-68)81-50-9-6-3/h41-44,60-62,77-78H,4-40,45-57,74-75H2,1-3H3,(H,79,88)(H,80,93)(H,82,91)(H,83,92)(H,84,94)(H3,76,81,85,86)/t60?,61-,62-/m0/s1. The molecule has 0 saturated heterocycles. The number of H-pyrrole nitrogens is 1. The van der Waals surface area contributed by atoms with Crippen molar-refractivity contribution >= 4 is 70.3 Å². The summed E-state index contributed by atoms with van der Waals surface area (Å²) in [7, 11) is 0. The summed E-state index contributed by atoms with van der Waals surface area (Å²) >= 11 is 1.32. The summed E-state index contributed by atoms with van der Waals surface area (Å²) in [6, 6.07) is 4.76. The number of anilines is 2. The van der Waals surface area contributed by atoms with Crippen molar-refractivity contribution in [2.24, 2.45) is 11.5 Å². The highest BCUT2D eigenvalue weighted by molar-refractivity contribution is 7.99. The Kier molecular flexibility index (Phi) is 50.2. The maximum absolute atomic E-state index is 13.7. The number of amides is 4. The van der Waals surface area contributed by atoms with Gasteiger partial charge in [-0.1, -0.05) is 193 Å². The van der Waals surface area contributed by atoms with Crippen LogP contribution in [0.5, 0.6) is 0 Å². The molecule has 0 aliphatic rings. The average Bonchev–Trinajstić information content (AvgIpc) is 1.65. The number of thioether (sulfide) groups is 1. The first-order valence-corrected chi connectivity index (χ1v) is 39.0. The maximum atomic E-state index is 13.7. The van der Waals surface area contributed by atoms with Crippen LogP contribution in [0.2, 0.25) is 0 Å². The number of nitrogens with zero attached hydrogens (tertiary/aromatic N) is 3. The predicted molar refractivity (Wildman–Crippen MR) is 396 cm³/mol. The fourth-order valence-electron chi connectivity index (χ4n) is 11.3. The van der Waals surface area contributed by atoms with Crippen LogP contribution in [0.1, 0.15) is 274 Å². The van der Waals surface area contributed by atoms with Crippen LogP contribution in [0, 0.1) is 0 Å². The van der Waals surface area contributed by atoms with Gasteiger partial charge in [-0.05, 0) is 115 Å². The number of unbranched alkanes of at least 4 members (excludes halogenated alkanes) is 27. The Balaban J connectivity index is 1.51. The number of nitrogens with one attached hydrogen (secondary N) is 8. The highest BCUT2D eigenvalue weighted by atomic mass is 32.2. The number of carbonyl (C=O) groups is 6. The van der Waals surface area contributed by atoms with Gasteiger partial charge in [0.15, 0.2) is 11.5 Å². The number of hydrogen-bond donors (Lipinski definition) is 11. The number of aromatic nitrogens is 4. The Morgan fingerprint density at radius 1 is 0.567 bits per heavy atom. The minimum atomic E-state index is -1.01. The summed E-state index contributed by atoms with van der Waals surface area (Å²) in [4.78, 5) is 104. The number of benzene rings is 1. The lowest BCUT2D eigenvalue weighted by atomic mass is 10.0. The second-order valence-electron chi connectivity index (χ2n) is 26.1. The molecule has 2 heterocycles. The molecule has 0 bridgehead atoms. The molecule has 3 atom stereocenters. The zero-order valence-electron chi connectivity index (χ0n) is 60.1. The van der Waals surface area contributed by atoms with Crippen molar-refractivity contribution in [3.8, 4) is 0 Å². The molecular weight excluding hydrogens is 1250 g/mol. The van der Waals surface area contributed by atoms with Crippen molar-refractivity contribution in [2.75, 3.05) is 88.1 Å². The maximum Gasteiger partial charge on any atom is 0.328 e. The largest absolute Gasteiger partial charge is 0.462 e. The number of rotatable bonds is 64. The highest BCUT2D eigenvalue weighted by Crippen LogP contribution is 2.20. The van der Waals surface area contributed by atoms with Crippen molar-refractivity contribution < 1.29 is 38.2 Å². The molecular formula is C73H130N14O9S. The number of aromatic amines is 1. The Hall–Kier alpha value is -5.82. The van der Waals surface area contributed by atoms with Crippen LogP contribution in [0.3, 0.4) is 0 Å². The second kappa shape index (κ2) is 57.0. The summed E-state index contributed by atoms with van der Waals surface area (Å²) in [5.74, 6) is -1.47. The lowest BCUT2D eigenvalue weighted by molar-refractivity contribution is -0.157. The number of nitrogen functional groups attached to an aromatic ring is 1. The molecule has 3 aromatic rings. The van der Waals surface area contributed by atoms with Gasteiger partial charge >= 0.3 is 17.6 Å². The molecule has 23 nitrogen and oxygen atoms in total. The minimum absolute atomic E-state index is 0.0859. The third-order valence-corrected chi connectivity index (χ3v) is 18.5. The fraction of sp³-hybridized carbons (Fsp3) is 0.767. The zero-order valence-corrected chi connectivity index (χ0v) is 60.9. The molecule has 0 saturated carbocycles. The quantitative estimate of drug-likeness (QED) is 0.0185.